The highest BCUT2D eigenvalue weighted by Crippen LogP contribution is 2.29. The van der Waals surface area contributed by atoms with Crippen molar-refractivity contribution in [2.45, 2.75) is 4.90 Å². The second-order valence-electron chi connectivity index (χ2n) is 5.80. The van der Waals surface area contributed by atoms with E-state index in [-0.39, 0.29) is 10.0 Å². The maximum atomic E-state index is 12.8. The number of hydrogen-bond donors (Lipinski definition) is 3. The Bertz CT molecular complexity index is 1110. The normalized spacial score (nSPS) is 10.8. The van der Waals surface area contributed by atoms with Crippen molar-refractivity contribution in [2.24, 2.45) is 0 Å². The van der Waals surface area contributed by atoms with Crippen LogP contribution in [-0.4, -0.2) is 25.6 Å². The Hall–Kier alpha value is -2.69. The van der Waals surface area contributed by atoms with Gasteiger partial charge >= 0.3 is 0 Å². The molecule has 3 rings (SSSR count). The van der Waals surface area contributed by atoms with Gasteiger partial charge in [-0.05, 0) is 66.8 Å². The summed E-state index contributed by atoms with van der Waals surface area (Å²) in [6.45, 7) is 0. The molecule has 0 aliphatic rings. The van der Waals surface area contributed by atoms with E-state index in [0.717, 1.165) is 4.47 Å². The minimum absolute atomic E-state index is 0.0629. The minimum atomic E-state index is -3.80. The molecule has 10 heteroatoms. The van der Waals surface area contributed by atoms with E-state index >= 15 is 0 Å². The standard InChI is InChI=1S/C19H17BrN4O3S2/c1-27-18-9-8-16(29(25,26)24-14-6-4-13(20)5-7-14)11-17(18)23-19(28)22-15-3-2-10-21-12-15/h2-12,24H,1H3,(H2,22,23,28). The fraction of sp³-hybridized carbons (Fsp3) is 0.0526. The number of rotatable bonds is 6. The average molecular weight is 493 g/mol. The first-order valence-corrected chi connectivity index (χ1v) is 11.0. The van der Waals surface area contributed by atoms with Crippen molar-refractivity contribution in [3.8, 4) is 5.75 Å². The van der Waals surface area contributed by atoms with Crippen molar-refractivity contribution in [3.63, 3.8) is 0 Å². The van der Waals surface area contributed by atoms with Crippen molar-refractivity contribution in [3.05, 3.63) is 71.5 Å². The molecule has 1 heterocycles. The molecule has 2 aromatic carbocycles. The van der Waals surface area contributed by atoms with Gasteiger partial charge in [0.25, 0.3) is 10.0 Å². The number of benzene rings is 2. The topological polar surface area (TPSA) is 92.4 Å². The summed E-state index contributed by atoms with van der Waals surface area (Å²) in [7, 11) is -2.31. The molecular formula is C19H17BrN4O3S2. The van der Waals surface area contributed by atoms with Crippen LogP contribution in [0.1, 0.15) is 0 Å². The van der Waals surface area contributed by atoms with Crippen LogP contribution in [0, 0.1) is 0 Å². The minimum Gasteiger partial charge on any atom is -0.495 e. The molecule has 3 aromatic rings. The Balaban J connectivity index is 1.82. The van der Waals surface area contributed by atoms with E-state index in [2.05, 4.69) is 36.3 Å². The maximum absolute atomic E-state index is 12.8. The highest BCUT2D eigenvalue weighted by Gasteiger charge is 2.17. The number of thiocarbonyl (C=S) groups is 1. The van der Waals surface area contributed by atoms with Crippen LogP contribution in [0.25, 0.3) is 0 Å². The predicted octanol–water partition coefficient (Wildman–Crippen LogP) is 4.46. The number of aromatic nitrogens is 1. The summed E-state index contributed by atoms with van der Waals surface area (Å²) in [4.78, 5) is 4.07. The fourth-order valence-electron chi connectivity index (χ4n) is 2.41. The van der Waals surface area contributed by atoms with Gasteiger partial charge in [0.2, 0.25) is 0 Å². The summed E-state index contributed by atoms with van der Waals surface area (Å²) in [5.74, 6) is 0.447. The molecule has 150 valence electrons. The van der Waals surface area contributed by atoms with Gasteiger partial charge < -0.3 is 15.4 Å². The van der Waals surface area contributed by atoms with Crippen LogP contribution >= 0.6 is 28.1 Å². The lowest BCUT2D eigenvalue weighted by Gasteiger charge is -2.15. The van der Waals surface area contributed by atoms with E-state index in [4.69, 9.17) is 17.0 Å². The second kappa shape index (κ2) is 9.21. The molecule has 0 aliphatic heterocycles. The molecule has 3 N–H and O–H groups in total. The van der Waals surface area contributed by atoms with Gasteiger partial charge in [0.1, 0.15) is 5.75 Å². The number of nitrogens with zero attached hydrogens (tertiary/aromatic N) is 1. The van der Waals surface area contributed by atoms with Gasteiger partial charge in [0.05, 0.1) is 29.6 Å². The first kappa shape index (κ1) is 21.0. The molecule has 29 heavy (non-hydrogen) atoms. The van der Waals surface area contributed by atoms with E-state index in [9.17, 15) is 8.42 Å². The first-order chi connectivity index (χ1) is 13.9. The lowest BCUT2D eigenvalue weighted by Crippen LogP contribution is -2.20. The summed E-state index contributed by atoms with van der Waals surface area (Å²) in [5, 5.41) is 6.21. The number of sulfonamides is 1. The Morgan fingerprint density at radius 3 is 2.48 bits per heavy atom. The van der Waals surface area contributed by atoms with E-state index in [1.54, 1.807) is 54.9 Å². The summed E-state index contributed by atoms with van der Waals surface area (Å²) < 4.78 is 34.2. The zero-order valence-corrected chi connectivity index (χ0v) is 18.4. The van der Waals surface area contributed by atoms with E-state index in [1.165, 1.54) is 19.2 Å². The molecule has 0 atom stereocenters. The van der Waals surface area contributed by atoms with E-state index in [1.807, 2.05) is 0 Å². The van der Waals surface area contributed by atoms with Gasteiger partial charge in [-0.1, -0.05) is 15.9 Å². The van der Waals surface area contributed by atoms with Crippen molar-refractivity contribution in [1.82, 2.24) is 4.98 Å². The highest BCUT2D eigenvalue weighted by molar-refractivity contribution is 9.10. The number of anilines is 3. The molecule has 0 spiro atoms. The number of methoxy groups -OCH3 is 1. The van der Waals surface area contributed by atoms with Crippen LogP contribution in [0.15, 0.2) is 76.4 Å². The van der Waals surface area contributed by atoms with Gasteiger partial charge in [0, 0.05) is 16.4 Å². The smallest absolute Gasteiger partial charge is 0.261 e. The molecule has 0 bridgehead atoms. The third-order valence-corrected chi connectivity index (χ3v) is 5.86. The number of halogens is 1. The molecule has 7 nitrogen and oxygen atoms in total. The SMILES string of the molecule is COc1ccc(S(=O)(=O)Nc2ccc(Br)cc2)cc1NC(=S)Nc1cccnc1. The number of nitrogens with one attached hydrogen (secondary N) is 3. The van der Waals surface area contributed by atoms with Crippen LogP contribution in [0.3, 0.4) is 0 Å². The zero-order valence-electron chi connectivity index (χ0n) is 15.2. The monoisotopic (exact) mass is 492 g/mol. The molecule has 1 aromatic heterocycles. The van der Waals surface area contributed by atoms with Crippen LogP contribution in [0.2, 0.25) is 0 Å². The summed E-state index contributed by atoms with van der Waals surface area (Å²) in [6.07, 6.45) is 3.27. The van der Waals surface area contributed by atoms with Crippen molar-refractivity contribution in [2.75, 3.05) is 22.5 Å². The number of pyridine rings is 1. The largest absolute Gasteiger partial charge is 0.495 e. The molecule has 0 unspecified atom stereocenters. The Morgan fingerprint density at radius 2 is 1.83 bits per heavy atom. The average Bonchev–Trinajstić information content (AvgIpc) is 2.70. The van der Waals surface area contributed by atoms with E-state index in [0.29, 0.717) is 22.8 Å². The van der Waals surface area contributed by atoms with Crippen molar-refractivity contribution in [1.29, 1.82) is 0 Å². The fourth-order valence-corrected chi connectivity index (χ4v) is 3.98. The summed E-state index contributed by atoms with van der Waals surface area (Å²) in [6, 6.07) is 14.9. The van der Waals surface area contributed by atoms with Crippen LogP contribution in [-0.2, 0) is 10.0 Å². The van der Waals surface area contributed by atoms with Crippen molar-refractivity contribution < 1.29 is 13.2 Å². The molecular weight excluding hydrogens is 476 g/mol. The molecule has 0 aliphatic carbocycles. The number of hydrogen-bond acceptors (Lipinski definition) is 5. The second-order valence-corrected chi connectivity index (χ2v) is 8.80. The lowest BCUT2D eigenvalue weighted by molar-refractivity contribution is 0.416. The predicted molar refractivity (Wildman–Crippen MR) is 122 cm³/mol. The van der Waals surface area contributed by atoms with Crippen LogP contribution < -0.4 is 20.1 Å². The van der Waals surface area contributed by atoms with Gasteiger partial charge in [0.15, 0.2) is 5.11 Å². The Kier molecular flexibility index (Phi) is 6.68. The maximum Gasteiger partial charge on any atom is 0.261 e. The quantitative estimate of drug-likeness (QED) is 0.437. The van der Waals surface area contributed by atoms with Crippen LogP contribution in [0.5, 0.6) is 5.75 Å². The van der Waals surface area contributed by atoms with Gasteiger partial charge in [-0.3, -0.25) is 9.71 Å². The van der Waals surface area contributed by atoms with Crippen molar-refractivity contribution >= 4 is 60.3 Å². The summed E-state index contributed by atoms with van der Waals surface area (Å²) >= 11 is 8.62. The summed E-state index contributed by atoms with van der Waals surface area (Å²) in [5.41, 5.74) is 1.56. The third kappa shape index (κ3) is 5.66. The van der Waals surface area contributed by atoms with Gasteiger partial charge in [-0.15, -0.1) is 0 Å². The Morgan fingerprint density at radius 1 is 1.07 bits per heavy atom. The Labute approximate surface area is 182 Å². The molecule has 0 saturated carbocycles. The lowest BCUT2D eigenvalue weighted by atomic mass is 10.3. The highest BCUT2D eigenvalue weighted by atomic mass is 79.9. The molecule has 0 radical (unpaired) electrons. The van der Waals surface area contributed by atoms with E-state index < -0.39 is 10.0 Å². The van der Waals surface area contributed by atoms with Gasteiger partial charge in [-0.25, -0.2) is 8.42 Å². The molecule has 0 saturated heterocycles. The zero-order chi connectivity index (χ0) is 20.9. The third-order valence-electron chi connectivity index (χ3n) is 3.75. The van der Waals surface area contributed by atoms with Crippen LogP contribution in [0.4, 0.5) is 17.1 Å². The van der Waals surface area contributed by atoms with Gasteiger partial charge in [-0.2, -0.15) is 0 Å². The first-order valence-electron chi connectivity index (χ1n) is 8.32. The number of ether oxygens (including phenoxy) is 1. The molecule has 0 amide bonds. The molecule has 0 fully saturated rings.